The summed E-state index contributed by atoms with van der Waals surface area (Å²) < 4.78 is 68.6. The molecule has 0 amide bonds. The molecule has 0 fully saturated rings. The summed E-state index contributed by atoms with van der Waals surface area (Å²) in [5.41, 5.74) is 0. The molecule has 0 heterocycles. The van der Waals surface area contributed by atoms with Crippen LogP contribution < -0.4 is 0 Å². The maximum atomic E-state index is 11.7. The van der Waals surface area contributed by atoms with Gasteiger partial charge in [-0.2, -0.15) is 8.78 Å². The molecule has 0 aromatic carbocycles. The molecule has 0 atom stereocenters. The minimum atomic E-state index is -4.71. The standard InChI is InChI=1S/C4HClF6/c5-4(10,11)2(7)1(6)3(8)9/h3H/b2-1+. The van der Waals surface area contributed by atoms with Crippen LogP contribution in [0.1, 0.15) is 0 Å². The van der Waals surface area contributed by atoms with Gasteiger partial charge in [0.2, 0.25) is 11.7 Å². The van der Waals surface area contributed by atoms with E-state index in [1.807, 2.05) is 0 Å². The Morgan fingerprint density at radius 2 is 1.55 bits per heavy atom. The zero-order chi connectivity index (χ0) is 9.23. The molecule has 0 aromatic heterocycles. The van der Waals surface area contributed by atoms with Crippen molar-refractivity contribution in [1.82, 2.24) is 0 Å². The predicted molar refractivity (Wildman–Crippen MR) is 26.0 cm³/mol. The smallest absolute Gasteiger partial charge is 0.202 e. The summed E-state index contributed by atoms with van der Waals surface area (Å²) in [6, 6.07) is 0. The maximum absolute atomic E-state index is 11.7. The lowest BCUT2D eigenvalue weighted by molar-refractivity contribution is 0.0870. The van der Waals surface area contributed by atoms with Crippen molar-refractivity contribution >= 4 is 11.6 Å². The van der Waals surface area contributed by atoms with E-state index < -0.39 is 23.5 Å². The number of halogens is 7. The van der Waals surface area contributed by atoms with Crippen LogP contribution in [0.2, 0.25) is 0 Å². The molecule has 0 spiro atoms. The minimum absolute atomic E-state index is 2.84. The normalized spacial score (nSPS) is 15.3. The summed E-state index contributed by atoms with van der Waals surface area (Å²) in [7, 11) is 0. The fourth-order valence-electron chi connectivity index (χ4n) is 0.231. The van der Waals surface area contributed by atoms with Gasteiger partial charge in [0.1, 0.15) is 0 Å². The van der Waals surface area contributed by atoms with Gasteiger partial charge in [0.25, 0.3) is 6.43 Å². The highest BCUT2D eigenvalue weighted by atomic mass is 35.5. The van der Waals surface area contributed by atoms with Crippen molar-refractivity contribution in [1.29, 1.82) is 0 Å². The average Bonchev–Trinajstić information content (AvgIpc) is 1.82. The lowest BCUT2D eigenvalue weighted by Crippen LogP contribution is -2.10. The molecule has 0 aromatic rings. The number of allylic oxidation sites excluding steroid dienone is 2. The van der Waals surface area contributed by atoms with E-state index in [1.54, 1.807) is 0 Å². The van der Waals surface area contributed by atoms with Crippen molar-refractivity contribution in [3.8, 4) is 0 Å². The SMILES string of the molecule is F/C(=C(/F)C(F)(F)Cl)C(F)F. The molecule has 0 rings (SSSR count). The highest BCUT2D eigenvalue weighted by molar-refractivity contribution is 6.23. The molecule has 0 nitrogen and oxygen atoms in total. The summed E-state index contributed by atoms with van der Waals surface area (Å²) >= 11 is 3.88. The van der Waals surface area contributed by atoms with Crippen LogP contribution in [-0.2, 0) is 0 Å². The Bertz CT molecular complexity index is 168. The Morgan fingerprint density at radius 1 is 1.18 bits per heavy atom. The van der Waals surface area contributed by atoms with E-state index in [2.05, 4.69) is 11.6 Å². The molecule has 0 saturated heterocycles. The van der Waals surface area contributed by atoms with Gasteiger partial charge in [0.15, 0.2) is 0 Å². The van der Waals surface area contributed by atoms with E-state index in [9.17, 15) is 26.3 Å². The van der Waals surface area contributed by atoms with Crippen LogP contribution >= 0.6 is 11.6 Å². The molecule has 0 aliphatic heterocycles. The lowest BCUT2D eigenvalue weighted by atomic mass is 10.4. The van der Waals surface area contributed by atoms with Crippen molar-refractivity contribution in [3.05, 3.63) is 11.7 Å². The van der Waals surface area contributed by atoms with E-state index in [1.165, 1.54) is 0 Å². The molecule has 0 aliphatic carbocycles. The summed E-state index contributed by atoms with van der Waals surface area (Å²) in [6.45, 7) is 0. The first kappa shape index (κ1) is 10.6. The van der Waals surface area contributed by atoms with Gasteiger partial charge < -0.3 is 0 Å². The third kappa shape index (κ3) is 3.00. The zero-order valence-electron chi connectivity index (χ0n) is 4.72. The average molecular weight is 198 g/mol. The summed E-state index contributed by atoms with van der Waals surface area (Å²) in [4.78, 5) is 0. The summed E-state index contributed by atoms with van der Waals surface area (Å²) in [5, 5.41) is -4.71. The first-order valence-corrected chi connectivity index (χ1v) is 2.55. The van der Waals surface area contributed by atoms with Crippen LogP contribution in [0.25, 0.3) is 0 Å². The van der Waals surface area contributed by atoms with Crippen molar-refractivity contribution in [3.63, 3.8) is 0 Å². The van der Waals surface area contributed by atoms with Crippen LogP contribution in [0, 0.1) is 0 Å². The van der Waals surface area contributed by atoms with Crippen LogP contribution in [0.15, 0.2) is 11.7 Å². The fourth-order valence-corrected chi connectivity index (χ4v) is 0.321. The molecule has 0 aliphatic rings. The first-order valence-electron chi connectivity index (χ1n) is 2.17. The molecular formula is C4HClF6. The van der Waals surface area contributed by atoms with Crippen molar-refractivity contribution in [2.45, 2.75) is 11.8 Å². The topological polar surface area (TPSA) is 0 Å². The van der Waals surface area contributed by atoms with Gasteiger partial charge in [-0.1, -0.05) is 0 Å². The molecule has 11 heavy (non-hydrogen) atoms. The van der Waals surface area contributed by atoms with Gasteiger partial charge in [0, 0.05) is 0 Å². The Kier molecular flexibility index (Phi) is 3.22. The van der Waals surface area contributed by atoms with E-state index in [-0.39, 0.29) is 0 Å². The molecule has 0 bridgehead atoms. The van der Waals surface area contributed by atoms with Gasteiger partial charge in [-0.05, 0) is 11.6 Å². The predicted octanol–water partition coefficient (Wildman–Crippen LogP) is 3.23. The highest BCUT2D eigenvalue weighted by Crippen LogP contribution is 2.34. The quantitative estimate of drug-likeness (QED) is 0.472. The van der Waals surface area contributed by atoms with Gasteiger partial charge in [-0.15, -0.1) is 0 Å². The lowest BCUT2D eigenvalue weighted by Gasteiger charge is -2.04. The van der Waals surface area contributed by atoms with E-state index in [0.29, 0.717) is 0 Å². The maximum Gasteiger partial charge on any atom is 0.376 e. The number of alkyl halides is 5. The molecule has 0 saturated carbocycles. The van der Waals surface area contributed by atoms with Crippen LogP contribution in [0.5, 0.6) is 0 Å². The Hall–Kier alpha value is -0.390. The zero-order valence-corrected chi connectivity index (χ0v) is 5.48. The molecule has 0 radical (unpaired) electrons. The van der Waals surface area contributed by atoms with Gasteiger partial charge >= 0.3 is 5.38 Å². The van der Waals surface area contributed by atoms with Crippen molar-refractivity contribution in [2.24, 2.45) is 0 Å². The minimum Gasteiger partial charge on any atom is -0.202 e. The van der Waals surface area contributed by atoms with E-state index in [4.69, 9.17) is 0 Å². The largest absolute Gasteiger partial charge is 0.376 e. The fraction of sp³-hybridized carbons (Fsp3) is 0.500. The van der Waals surface area contributed by atoms with Crippen molar-refractivity contribution < 1.29 is 26.3 Å². The van der Waals surface area contributed by atoms with Gasteiger partial charge in [-0.25, -0.2) is 17.6 Å². The second-order valence-electron chi connectivity index (χ2n) is 1.46. The van der Waals surface area contributed by atoms with Gasteiger partial charge in [0.05, 0.1) is 0 Å². The van der Waals surface area contributed by atoms with Gasteiger partial charge in [-0.3, -0.25) is 0 Å². The Labute approximate surface area is 62.4 Å². The van der Waals surface area contributed by atoms with E-state index in [0.717, 1.165) is 0 Å². The summed E-state index contributed by atoms with van der Waals surface area (Å²) in [6.07, 6.45) is -3.92. The highest BCUT2D eigenvalue weighted by Gasteiger charge is 2.37. The molecule has 7 heteroatoms. The summed E-state index contributed by atoms with van der Waals surface area (Å²) in [5.74, 6) is -5.79. The molecule has 66 valence electrons. The van der Waals surface area contributed by atoms with Crippen LogP contribution in [0.3, 0.4) is 0 Å². The Balaban J connectivity index is 4.67. The molecular weight excluding hydrogens is 197 g/mol. The second kappa shape index (κ2) is 3.34. The third-order valence-electron chi connectivity index (χ3n) is 0.650. The first-order chi connectivity index (χ1) is 4.76. The molecule has 0 unspecified atom stereocenters. The number of hydrogen-bond acceptors (Lipinski definition) is 0. The molecule has 0 N–H and O–H groups in total. The monoisotopic (exact) mass is 198 g/mol. The third-order valence-corrected chi connectivity index (χ3v) is 0.816. The van der Waals surface area contributed by atoms with E-state index >= 15 is 0 Å². The van der Waals surface area contributed by atoms with Crippen LogP contribution in [-0.4, -0.2) is 11.8 Å². The van der Waals surface area contributed by atoms with Crippen LogP contribution in [0.4, 0.5) is 26.3 Å². The Morgan fingerprint density at radius 3 is 1.64 bits per heavy atom. The number of hydrogen-bond donors (Lipinski definition) is 0. The van der Waals surface area contributed by atoms with Crippen molar-refractivity contribution in [2.75, 3.05) is 0 Å². The second-order valence-corrected chi connectivity index (χ2v) is 1.94. The number of rotatable bonds is 2.